The van der Waals surface area contributed by atoms with Crippen molar-refractivity contribution in [2.45, 2.75) is 6.92 Å². The zero-order valence-corrected chi connectivity index (χ0v) is 7.00. The minimum atomic E-state index is -0.724. The molecule has 0 aliphatic carbocycles. The second-order valence-electron chi connectivity index (χ2n) is 2.37. The van der Waals surface area contributed by atoms with Crippen molar-refractivity contribution in [3.8, 4) is 6.07 Å². The molecule has 0 saturated heterocycles. The van der Waals surface area contributed by atoms with Crippen LogP contribution >= 0.6 is 0 Å². The first-order valence-electron chi connectivity index (χ1n) is 3.26. The molecule has 0 amide bonds. The molecule has 0 aliphatic heterocycles. The van der Waals surface area contributed by atoms with Crippen LogP contribution < -0.4 is 0 Å². The van der Waals surface area contributed by atoms with Gasteiger partial charge in [-0.15, -0.1) is 0 Å². The van der Waals surface area contributed by atoms with E-state index in [4.69, 9.17) is 11.8 Å². The van der Waals surface area contributed by atoms with E-state index in [1.807, 2.05) is 0 Å². The lowest BCUT2D eigenvalue weighted by Gasteiger charge is -1.97. The minimum Gasteiger partial charge on any atom is -0.235 e. The first kappa shape index (κ1) is 11.2. The number of nitriles is 1. The van der Waals surface area contributed by atoms with Crippen LogP contribution in [0.1, 0.15) is 11.1 Å². The molecule has 0 atom stereocenters. The van der Waals surface area contributed by atoms with Gasteiger partial charge in [0.05, 0.1) is 12.1 Å². The van der Waals surface area contributed by atoms with Crippen LogP contribution in [0.15, 0.2) is 12.1 Å². The first-order chi connectivity index (χ1) is 5.69. The molecule has 1 aromatic rings. The molecule has 13 heavy (non-hydrogen) atoms. The molecular formula is C9H5BFN2. The SMILES string of the molecule is [B].[C-]#[N+]c1cc(C)cc(C#N)c1F. The summed E-state index contributed by atoms with van der Waals surface area (Å²) in [6.07, 6.45) is 0. The minimum absolute atomic E-state index is 0. The molecule has 3 radical (unpaired) electrons. The number of benzene rings is 1. The molecule has 0 unspecified atom stereocenters. The molecule has 2 nitrogen and oxygen atoms in total. The Labute approximate surface area is 78.0 Å². The van der Waals surface area contributed by atoms with E-state index in [-0.39, 0.29) is 19.7 Å². The van der Waals surface area contributed by atoms with Crippen molar-refractivity contribution in [1.82, 2.24) is 0 Å². The summed E-state index contributed by atoms with van der Waals surface area (Å²) >= 11 is 0. The lowest BCUT2D eigenvalue weighted by molar-refractivity contribution is 0.629. The van der Waals surface area contributed by atoms with Crippen molar-refractivity contribution in [1.29, 1.82) is 5.26 Å². The van der Waals surface area contributed by atoms with Crippen molar-refractivity contribution < 1.29 is 4.39 Å². The third-order valence-corrected chi connectivity index (χ3v) is 1.44. The molecule has 0 aliphatic rings. The normalized spacial score (nSPS) is 8.00. The van der Waals surface area contributed by atoms with Gasteiger partial charge in [0.1, 0.15) is 11.9 Å². The molecule has 1 rings (SSSR count). The van der Waals surface area contributed by atoms with Crippen LogP contribution in [0.5, 0.6) is 0 Å². The van der Waals surface area contributed by atoms with E-state index in [2.05, 4.69) is 4.85 Å². The molecule has 0 fully saturated rings. The smallest absolute Gasteiger partial charge is 0.223 e. The van der Waals surface area contributed by atoms with E-state index in [1.54, 1.807) is 13.0 Å². The summed E-state index contributed by atoms with van der Waals surface area (Å²) in [4.78, 5) is 2.96. The monoisotopic (exact) mass is 171 g/mol. The third kappa shape index (κ3) is 2.07. The van der Waals surface area contributed by atoms with Gasteiger partial charge in [-0.1, -0.05) is 11.6 Å². The van der Waals surface area contributed by atoms with Gasteiger partial charge in [-0.3, -0.25) is 0 Å². The largest absolute Gasteiger partial charge is 0.235 e. The molecule has 1 aromatic carbocycles. The van der Waals surface area contributed by atoms with Gasteiger partial charge in [0.2, 0.25) is 5.69 Å². The predicted octanol–water partition coefficient (Wildman–Crippen LogP) is 2.18. The fourth-order valence-corrected chi connectivity index (χ4v) is 0.912. The van der Waals surface area contributed by atoms with Gasteiger partial charge in [-0.25, -0.2) is 9.24 Å². The lowest BCUT2D eigenvalue weighted by atomic mass is 10.1. The number of hydrogen-bond donors (Lipinski definition) is 0. The zero-order chi connectivity index (χ0) is 9.14. The Morgan fingerprint density at radius 2 is 2.15 bits per heavy atom. The van der Waals surface area contributed by atoms with Crippen LogP contribution in [0.3, 0.4) is 0 Å². The highest BCUT2D eigenvalue weighted by atomic mass is 19.1. The Kier molecular flexibility index (Phi) is 3.68. The molecule has 0 saturated carbocycles. The van der Waals surface area contributed by atoms with E-state index in [9.17, 15) is 4.39 Å². The Balaban J connectivity index is 0.00000144. The molecule has 0 N–H and O–H groups in total. The van der Waals surface area contributed by atoms with Crippen molar-refractivity contribution in [2.24, 2.45) is 0 Å². The van der Waals surface area contributed by atoms with E-state index in [0.717, 1.165) is 5.56 Å². The summed E-state index contributed by atoms with van der Waals surface area (Å²) in [6.45, 7) is 8.35. The quantitative estimate of drug-likeness (QED) is 0.434. The first-order valence-corrected chi connectivity index (χ1v) is 3.26. The molecule has 0 heterocycles. The maximum atomic E-state index is 13.0. The second-order valence-corrected chi connectivity index (χ2v) is 2.37. The van der Waals surface area contributed by atoms with Gasteiger partial charge >= 0.3 is 0 Å². The van der Waals surface area contributed by atoms with Crippen LogP contribution in [-0.2, 0) is 0 Å². The summed E-state index contributed by atoms with van der Waals surface area (Å²) in [5.74, 6) is -0.724. The van der Waals surface area contributed by atoms with Crippen LogP contribution in [-0.4, -0.2) is 8.41 Å². The number of nitrogens with zero attached hydrogens (tertiary/aromatic N) is 2. The molecule has 4 heteroatoms. The Hall–Kier alpha value is -1.81. The van der Waals surface area contributed by atoms with E-state index >= 15 is 0 Å². The number of halogens is 1. The van der Waals surface area contributed by atoms with Crippen LogP contribution in [0, 0.1) is 30.6 Å². The average Bonchev–Trinajstić information content (AvgIpc) is 2.08. The number of rotatable bonds is 0. The van der Waals surface area contributed by atoms with Gasteiger partial charge in [0, 0.05) is 8.41 Å². The van der Waals surface area contributed by atoms with E-state index in [1.165, 1.54) is 12.1 Å². The van der Waals surface area contributed by atoms with Crippen molar-refractivity contribution in [3.05, 3.63) is 40.5 Å². The second kappa shape index (κ2) is 4.28. The lowest BCUT2D eigenvalue weighted by Crippen LogP contribution is -1.85. The van der Waals surface area contributed by atoms with Gasteiger partial charge in [-0.2, -0.15) is 5.26 Å². The molecular weight excluding hydrogens is 166 g/mol. The fourth-order valence-electron chi connectivity index (χ4n) is 0.912. The molecule has 61 valence electrons. The Morgan fingerprint density at radius 3 is 2.62 bits per heavy atom. The van der Waals surface area contributed by atoms with Crippen molar-refractivity contribution in [2.75, 3.05) is 0 Å². The number of hydrogen-bond acceptors (Lipinski definition) is 1. The topological polar surface area (TPSA) is 28.1 Å². The highest BCUT2D eigenvalue weighted by molar-refractivity contribution is 5.75. The van der Waals surface area contributed by atoms with E-state index < -0.39 is 5.82 Å². The zero-order valence-electron chi connectivity index (χ0n) is 7.00. The van der Waals surface area contributed by atoms with E-state index in [0.29, 0.717) is 0 Å². The summed E-state index contributed by atoms with van der Waals surface area (Å²) in [5.41, 5.74) is 0.562. The highest BCUT2D eigenvalue weighted by Crippen LogP contribution is 2.22. The Morgan fingerprint density at radius 1 is 1.54 bits per heavy atom. The Bertz CT molecular complexity index is 366. The fraction of sp³-hybridized carbons (Fsp3) is 0.111. The molecule has 0 bridgehead atoms. The van der Waals surface area contributed by atoms with Crippen LogP contribution in [0.2, 0.25) is 0 Å². The number of aryl methyl sites for hydroxylation is 1. The summed E-state index contributed by atoms with van der Waals surface area (Å²) in [7, 11) is 0. The van der Waals surface area contributed by atoms with Gasteiger partial charge in [0.25, 0.3) is 0 Å². The standard InChI is InChI=1S/C9H5FN2.B/c1-6-3-7(5-11)9(10)8(4-6)12-2;/h3-4H,1H3;. The van der Waals surface area contributed by atoms with Crippen LogP contribution in [0.4, 0.5) is 10.1 Å². The summed E-state index contributed by atoms with van der Waals surface area (Å²) in [5, 5.41) is 8.47. The van der Waals surface area contributed by atoms with Crippen molar-refractivity contribution >= 4 is 14.1 Å². The average molecular weight is 171 g/mol. The maximum Gasteiger partial charge on any atom is 0.223 e. The summed E-state index contributed by atoms with van der Waals surface area (Å²) < 4.78 is 13.0. The van der Waals surface area contributed by atoms with Gasteiger partial charge in [-0.05, 0) is 13.0 Å². The predicted molar refractivity (Wildman–Crippen MR) is 47.9 cm³/mol. The molecule has 0 spiro atoms. The highest BCUT2D eigenvalue weighted by Gasteiger charge is 2.07. The third-order valence-electron chi connectivity index (χ3n) is 1.44. The van der Waals surface area contributed by atoms with Gasteiger partial charge < -0.3 is 0 Å². The van der Waals surface area contributed by atoms with Gasteiger partial charge in [0.15, 0.2) is 0 Å². The molecule has 0 aromatic heterocycles. The van der Waals surface area contributed by atoms with Crippen molar-refractivity contribution in [3.63, 3.8) is 0 Å². The summed E-state index contributed by atoms with van der Waals surface area (Å²) in [6, 6.07) is 4.53. The van der Waals surface area contributed by atoms with Crippen LogP contribution in [0.25, 0.3) is 4.85 Å². The maximum absolute atomic E-state index is 13.0.